The maximum Gasteiger partial charge on any atom is 0.323 e. The van der Waals surface area contributed by atoms with E-state index in [0.29, 0.717) is 53.3 Å². The van der Waals surface area contributed by atoms with E-state index in [1.165, 1.54) is 11.1 Å². The van der Waals surface area contributed by atoms with E-state index in [2.05, 4.69) is 34.1 Å². The van der Waals surface area contributed by atoms with Crippen molar-refractivity contribution in [3.8, 4) is 39.5 Å². The molecule has 3 N–H and O–H groups in total. The highest BCUT2D eigenvalue weighted by Crippen LogP contribution is 2.42. The molecule has 2 aromatic carbocycles. The van der Waals surface area contributed by atoms with Gasteiger partial charge in [0.2, 0.25) is 11.8 Å². The molecule has 248 valence electrons. The second kappa shape index (κ2) is 14.2. The summed E-state index contributed by atoms with van der Waals surface area (Å²) in [5.74, 6) is 0.355. The molecule has 4 aromatic rings. The Morgan fingerprint density at radius 2 is 1.79 bits per heavy atom. The molecule has 2 saturated heterocycles. The summed E-state index contributed by atoms with van der Waals surface area (Å²) in [5, 5.41) is 11.0. The summed E-state index contributed by atoms with van der Waals surface area (Å²) in [7, 11) is 1.57. The number of carbonyl (C=O) groups excluding carboxylic acids is 2. The lowest BCUT2D eigenvalue weighted by Gasteiger charge is -2.28. The topological polar surface area (TPSA) is 114 Å². The third-order valence-corrected chi connectivity index (χ3v) is 10.3. The predicted octanol–water partition coefficient (Wildman–Crippen LogP) is 6.44. The van der Waals surface area contributed by atoms with Crippen molar-refractivity contribution in [1.82, 2.24) is 25.9 Å². The molecule has 1 amide bonds. The first-order chi connectivity index (χ1) is 23.4. The number of nitrogens with one attached hydrogen (secondary N) is 3. The largest absolute Gasteiger partial charge is 0.481 e. The average molecular weight is 687 g/mol. The number of fused-ring (bicyclic) bond motifs is 1. The third kappa shape index (κ3) is 6.65. The molecule has 48 heavy (non-hydrogen) atoms. The number of methoxy groups -OCH3 is 1. The molecule has 0 unspecified atom stereocenters. The Labute approximate surface area is 289 Å². The van der Waals surface area contributed by atoms with Crippen LogP contribution in [0.25, 0.3) is 33.6 Å². The monoisotopic (exact) mass is 685 g/mol. The molecular formula is C37H37Cl2N5O4. The van der Waals surface area contributed by atoms with Gasteiger partial charge in [0.1, 0.15) is 6.04 Å². The molecule has 1 aliphatic carbocycles. The molecule has 2 aromatic heterocycles. The predicted molar refractivity (Wildman–Crippen MR) is 186 cm³/mol. The van der Waals surface area contributed by atoms with Crippen LogP contribution in [0.15, 0.2) is 60.8 Å². The van der Waals surface area contributed by atoms with Crippen molar-refractivity contribution in [3.63, 3.8) is 0 Å². The fraction of sp³-hybridized carbons (Fsp3) is 0.351. The van der Waals surface area contributed by atoms with Crippen molar-refractivity contribution in [2.24, 2.45) is 0 Å². The van der Waals surface area contributed by atoms with Crippen LogP contribution in [-0.2, 0) is 27.3 Å². The lowest BCUT2D eigenvalue weighted by Crippen LogP contribution is -2.38. The number of halogens is 2. The van der Waals surface area contributed by atoms with Crippen molar-refractivity contribution < 1.29 is 19.1 Å². The molecule has 3 aliphatic rings. The lowest BCUT2D eigenvalue weighted by atomic mass is 9.86. The highest BCUT2D eigenvalue weighted by Gasteiger charge is 2.27. The van der Waals surface area contributed by atoms with E-state index in [-0.39, 0.29) is 30.0 Å². The van der Waals surface area contributed by atoms with Crippen LogP contribution in [0.2, 0.25) is 10.0 Å². The summed E-state index contributed by atoms with van der Waals surface area (Å²) in [5.41, 5.74) is 8.01. The van der Waals surface area contributed by atoms with Crippen LogP contribution in [0.5, 0.6) is 5.88 Å². The minimum atomic E-state index is -0.330. The van der Waals surface area contributed by atoms with Gasteiger partial charge in [0.05, 0.1) is 35.1 Å². The zero-order chi connectivity index (χ0) is 33.2. The number of benzene rings is 2. The lowest BCUT2D eigenvalue weighted by molar-refractivity contribution is -0.139. The van der Waals surface area contributed by atoms with Gasteiger partial charge in [-0.3, -0.25) is 19.9 Å². The Kier molecular flexibility index (Phi) is 9.64. The first kappa shape index (κ1) is 32.5. The maximum atomic E-state index is 11.9. The van der Waals surface area contributed by atoms with Gasteiger partial charge in [-0.05, 0) is 55.0 Å². The summed E-state index contributed by atoms with van der Waals surface area (Å²) >= 11 is 14.2. The quantitative estimate of drug-likeness (QED) is 0.163. The summed E-state index contributed by atoms with van der Waals surface area (Å²) in [4.78, 5) is 33.0. The van der Waals surface area contributed by atoms with Crippen molar-refractivity contribution in [2.45, 2.75) is 63.2 Å². The Balaban J connectivity index is 1.13. The molecule has 0 radical (unpaired) electrons. The summed E-state index contributed by atoms with van der Waals surface area (Å²) < 4.78 is 10.7. The zero-order valence-corrected chi connectivity index (χ0v) is 28.2. The molecule has 0 saturated carbocycles. The van der Waals surface area contributed by atoms with Gasteiger partial charge in [0.15, 0.2) is 0 Å². The van der Waals surface area contributed by atoms with Crippen LogP contribution >= 0.6 is 23.2 Å². The number of cyclic esters (lactones) is 1. The number of aryl methyl sites for hydroxylation is 1. The Bertz CT molecular complexity index is 1870. The van der Waals surface area contributed by atoms with Gasteiger partial charge >= 0.3 is 5.97 Å². The average Bonchev–Trinajstić information content (AvgIpc) is 3.73. The molecular weight excluding hydrogens is 649 g/mol. The maximum absolute atomic E-state index is 11.9. The summed E-state index contributed by atoms with van der Waals surface area (Å²) in [6, 6.07) is 18.1. The van der Waals surface area contributed by atoms with Crippen molar-refractivity contribution in [2.75, 3.05) is 20.3 Å². The molecule has 4 heterocycles. The second-order valence-electron chi connectivity index (χ2n) is 12.5. The SMILES string of the molecule is COc1nc(-c2cccc(-c3ccnc(-c4ccc5c(c4)CCC[C@H]5NC[C@H]4CCC(=O)N4)c3Cl)c2Cl)ccc1CN[C@H]1CCOC1=O. The number of nitrogens with zero attached hydrogens (tertiary/aromatic N) is 2. The van der Waals surface area contributed by atoms with Crippen LogP contribution in [0.4, 0.5) is 0 Å². The first-order valence-corrected chi connectivity index (χ1v) is 17.2. The molecule has 9 nitrogen and oxygen atoms in total. The van der Waals surface area contributed by atoms with E-state index in [1.54, 1.807) is 13.3 Å². The fourth-order valence-electron chi connectivity index (χ4n) is 6.92. The van der Waals surface area contributed by atoms with Gasteiger partial charge in [-0.1, -0.05) is 59.6 Å². The highest BCUT2D eigenvalue weighted by molar-refractivity contribution is 6.39. The molecule has 7 rings (SSSR count). The number of amides is 1. The minimum absolute atomic E-state index is 0.139. The van der Waals surface area contributed by atoms with Crippen LogP contribution < -0.4 is 20.7 Å². The number of esters is 1. The first-order valence-electron chi connectivity index (χ1n) is 16.4. The number of pyridine rings is 2. The van der Waals surface area contributed by atoms with E-state index in [4.69, 9.17) is 42.6 Å². The van der Waals surface area contributed by atoms with E-state index in [9.17, 15) is 9.59 Å². The smallest absolute Gasteiger partial charge is 0.323 e. The summed E-state index contributed by atoms with van der Waals surface area (Å²) in [6.45, 7) is 1.62. The van der Waals surface area contributed by atoms with Crippen molar-refractivity contribution in [3.05, 3.63) is 87.5 Å². The van der Waals surface area contributed by atoms with Gasteiger partial charge in [0, 0.05) is 72.0 Å². The Morgan fingerprint density at radius 1 is 0.938 bits per heavy atom. The van der Waals surface area contributed by atoms with Crippen LogP contribution in [0, 0.1) is 0 Å². The van der Waals surface area contributed by atoms with Crippen molar-refractivity contribution in [1.29, 1.82) is 0 Å². The van der Waals surface area contributed by atoms with Gasteiger partial charge in [-0.25, -0.2) is 4.98 Å². The third-order valence-electron chi connectivity index (χ3n) is 9.49. The Hall–Kier alpha value is -4.02. The zero-order valence-electron chi connectivity index (χ0n) is 26.7. The number of hydrogen-bond donors (Lipinski definition) is 3. The van der Waals surface area contributed by atoms with E-state index >= 15 is 0 Å². The van der Waals surface area contributed by atoms with Crippen LogP contribution in [0.3, 0.4) is 0 Å². The molecule has 0 spiro atoms. The van der Waals surface area contributed by atoms with Crippen LogP contribution in [0.1, 0.15) is 54.8 Å². The standard InChI is InChI=1S/C37H37Cl2N5O4/c1-47-36-23(19-41-31-15-17-48-37(31)46)9-12-30(44-36)28-6-3-5-26(33(28)38)27-14-16-40-35(34(27)39)22-8-11-25-21(18-22)4-2-7-29(25)42-20-24-10-13-32(45)43-24/h3,5-6,8-9,11-12,14,16,18,24,29,31,41-42H,2,4,7,10,13,15,17,19-20H2,1H3,(H,43,45)/t24-,29-,31+/m1/s1. The number of ether oxygens (including phenoxy) is 2. The number of carbonyl (C=O) groups is 2. The molecule has 3 atom stereocenters. The molecule has 11 heteroatoms. The number of rotatable bonds is 10. The molecule has 2 fully saturated rings. The van der Waals surface area contributed by atoms with Crippen molar-refractivity contribution >= 4 is 35.1 Å². The van der Waals surface area contributed by atoms with E-state index in [0.717, 1.165) is 60.0 Å². The van der Waals surface area contributed by atoms with Gasteiger partial charge < -0.3 is 20.1 Å². The van der Waals surface area contributed by atoms with E-state index < -0.39 is 0 Å². The normalized spacial score (nSPS) is 20.4. The number of hydrogen-bond acceptors (Lipinski definition) is 8. The van der Waals surface area contributed by atoms with Crippen LogP contribution in [-0.4, -0.2) is 54.2 Å². The number of aromatic nitrogens is 2. The minimum Gasteiger partial charge on any atom is -0.481 e. The summed E-state index contributed by atoms with van der Waals surface area (Å²) in [6.07, 6.45) is 7.04. The molecule has 0 bridgehead atoms. The second-order valence-corrected chi connectivity index (χ2v) is 13.3. The Morgan fingerprint density at radius 3 is 2.58 bits per heavy atom. The van der Waals surface area contributed by atoms with Gasteiger partial charge in [-0.2, -0.15) is 0 Å². The molecule has 2 aliphatic heterocycles. The fourth-order valence-corrected chi connectivity index (χ4v) is 7.57. The van der Waals surface area contributed by atoms with Gasteiger partial charge in [0.25, 0.3) is 0 Å². The van der Waals surface area contributed by atoms with Gasteiger partial charge in [-0.15, -0.1) is 0 Å². The highest BCUT2D eigenvalue weighted by atomic mass is 35.5. The van der Waals surface area contributed by atoms with E-state index in [1.807, 2.05) is 36.4 Å².